The van der Waals surface area contributed by atoms with E-state index in [1.54, 1.807) is 12.1 Å². The molecule has 5 heteroatoms. The molecule has 110 valence electrons. The summed E-state index contributed by atoms with van der Waals surface area (Å²) in [6.45, 7) is 5.10. The van der Waals surface area contributed by atoms with Gasteiger partial charge in [-0.2, -0.15) is 0 Å². The maximum absolute atomic E-state index is 12.0. The average Bonchev–Trinajstić information content (AvgIpc) is 2.48. The third-order valence-corrected chi connectivity index (χ3v) is 3.81. The topological polar surface area (TPSA) is 69.8 Å². The van der Waals surface area contributed by atoms with E-state index in [2.05, 4.69) is 4.90 Å². The van der Waals surface area contributed by atoms with Crippen molar-refractivity contribution >= 4 is 11.6 Å². The van der Waals surface area contributed by atoms with Crippen LogP contribution >= 0.6 is 0 Å². The van der Waals surface area contributed by atoms with Crippen LogP contribution in [0.5, 0.6) is 5.75 Å². The van der Waals surface area contributed by atoms with Crippen LogP contribution in [0.15, 0.2) is 24.3 Å². The SMILES string of the molecule is CCC(N)CC(=O)N1CCN(c2ccc(O)cc2)CC1. The minimum absolute atomic E-state index is 0.0300. The van der Waals surface area contributed by atoms with Crippen LogP contribution in [0.1, 0.15) is 19.8 Å². The first kappa shape index (κ1) is 14.7. The first-order valence-corrected chi connectivity index (χ1v) is 7.17. The summed E-state index contributed by atoms with van der Waals surface area (Å²) >= 11 is 0. The van der Waals surface area contributed by atoms with Gasteiger partial charge in [0.2, 0.25) is 5.91 Å². The molecule has 0 bridgehead atoms. The van der Waals surface area contributed by atoms with Crippen LogP contribution in [0, 0.1) is 0 Å². The second-order valence-electron chi connectivity index (χ2n) is 5.26. The Morgan fingerprint density at radius 3 is 2.40 bits per heavy atom. The number of aromatic hydroxyl groups is 1. The molecule has 0 saturated carbocycles. The zero-order chi connectivity index (χ0) is 14.5. The predicted octanol–water partition coefficient (Wildman–Crippen LogP) is 1.17. The van der Waals surface area contributed by atoms with E-state index in [0.29, 0.717) is 6.42 Å². The highest BCUT2D eigenvalue weighted by Crippen LogP contribution is 2.20. The average molecular weight is 277 g/mol. The van der Waals surface area contributed by atoms with Gasteiger partial charge in [0.15, 0.2) is 0 Å². The number of nitrogens with two attached hydrogens (primary N) is 1. The second-order valence-corrected chi connectivity index (χ2v) is 5.26. The summed E-state index contributed by atoms with van der Waals surface area (Å²) in [6.07, 6.45) is 1.27. The molecule has 1 saturated heterocycles. The van der Waals surface area contributed by atoms with E-state index >= 15 is 0 Å². The first-order valence-electron chi connectivity index (χ1n) is 7.17. The Labute approximate surface area is 120 Å². The van der Waals surface area contributed by atoms with Crippen molar-refractivity contribution in [2.24, 2.45) is 5.73 Å². The zero-order valence-electron chi connectivity index (χ0n) is 12.0. The molecular formula is C15H23N3O2. The molecule has 1 fully saturated rings. The number of benzene rings is 1. The molecular weight excluding hydrogens is 254 g/mol. The molecule has 2 rings (SSSR count). The highest BCUT2D eigenvalue weighted by atomic mass is 16.3. The third kappa shape index (κ3) is 3.63. The fourth-order valence-corrected chi connectivity index (χ4v) is 2.38. The normalized spacial score (nSPS) is 17.1. The van der Waals surface area contributed by atoms with Crippen LogP contribution in [-0.2, 0) is 4.79 Å². The minimum Gasteiger partial charge on any atom is -0.508 e. The number of rotatable bonds is 4. The summed E-state index contributed by atoms with van der Waals surface area (Å²) in [5.74, 6) is 0.431. The Morgan fingerprint density at radius 2 is 1.85 bits per heavy atom. The number of carbonyl (C=O) groups is 1. The minimum atomic E-state index is -0.0300. The summed E-state index contributed by atoms with van der Waals surface area (Å²) in [5.41, 5.74) is 6.91. The van der Waals surface area contributed by atoms with Crippen LogP contribution in [0.3, 0.4) is 0 Å². The van der Waals surface area contributed by atoms with Gasteiger partial charge in [-0.1, -0.05) is 6.92 Å². The van der Waals surface area contributed by atoms with Crippen molar-refractivity contribution in [2.45, 2.75) is 25.8 Å². The number of hydrogen-bond acceptors (Lipinski definition) is 4. The molecule has 1 aliphatic rings. The molecule has 1 aromatic carbocycles. The Kier molecular flexibility index (Phi) is 4.84. The van der Waals surface area contributed by atoms with Crippen LogP contribution < -0.4 is 10.6 Å². The van der Waals surface area contributed by atoms with Gasteiger partial charge in [-0.05, 0) is 30.7 Å². The molecule has 5 nitrogen and oxygen atoms in total. The lowest BCUT2D eigenvalue weighted by Gasteiger charge is -2.36. The van der Waals surface area contributed by atoms with Crippen LogP contribution in [-0.4, -0.2) is 48.1 Å². The van der Waals surface area contributed by atoms with Crippen LogP contribution in [0.25, 0.3) is 0 Å². The molecule has 20 heavy (non-hydrogen) atoms. The standard InChI is InChI=1S/C15H23N3O2/c1-2-12(16)11-15(20)18-9-7-17(8-10-18)13-3-5-14(19)6-4-13/h3-6,12,19H,2,7-11,16H2,1H3. The molecule has 1 aromatic rings. The number of anilines is 1. The van der Waals surface area contributed by atoms with E-state index in [1.807, 2.05) is 24.0 Å². The Bertz CT molecular complexity index is 439. The first-order chi connectivity index (χ1) is 9.60. The number of phenolic OH excluding ortho intramolecular Hbond substituents is 1. The molecule has 0 radical (unpaired) electrons. The highest BCUT2D eigenvalue weighted by Gasteiger charge is 2.22. The van der Waals surface area contributed by atoms with Gasteiger partial charge in [0.25, 0.3) is 0 Å². The lowest BCUT2D eigenvalue weighted by atomic mass is 10.1. The van der Waals surface area contributed by atoms with Crippen LogP contribution in [0.4, 0.5) is 5.69 Å². The van der Waals surface area contributed by atoms with E-state index in [9.17, 15) is 9.90 Å². The van der Waals surface area contributed by atoms with E-state index < -0.39 is 0 Å². The molecule has 1 aliphatic heterocycles. The lowest BCUT2D eigenvalue weighted by molar-refractivity contribution is -0.131. The molecule has 1 atom stereocenters. The second kappa shape index (κ2) is 6.61. The molecule has 3 N–H and O–H groups in total. The molecule has 1 amide bonds. The number of nitrogens with zero attached hydrogens (tertiary/aromatic N) is 2. The van der Waals surface area contributed by atoms with E-state index in [4.69, 9.17) is 5.73 Å². The quantitative estimate of drug-likeness (QED) is 0.866. The summed E-state index contributed by atoms with van der Waals surface area (Å²) in [7, 11) is 0. The number of carbonyl (C=O) groups excluding carboxylic acids is 1. The Balaban J connectivity index is 1.86. The maximum atomic E-state index is 12.0. The maximum Gasteiger partial charge on any atom is 0.224 e. The van der Waals surface area contributed by atoms with Gasteiger partial charge < -0.3 is 20.6 Å². The largest absolute Gasteiger partial charge is 0.508 e. The molecule has 1 unspecified atom stereocenters. The van der Waals surface area contributed by atoms with Gasteiger partial charge in [0.1, 0.15) is 5.75 Å². The van der Waals surface area contributed by atoms with Crippen LogP contribution in [0.2, 0.25) is 0 Å². The molecule has 0 aliphatic carbocycles. The van der Waals surface area contributed by atoms with Crippen molar-refractivity contribution < 1.29 is 9.90 Å². The van der Waals surface area contributed by atoms with E-state index in [0.717, 1.165) is 38.3 Å². The number of phenols is 1. The van der Waals surface area contributed by atoms with Gasteiger partial charge in [0, 0.05) is 44.3 Å². The van der Waals surface area contributed by atoms with E-state index in [1.165, 1.54) is 0 Å². The van der Waals surface area contributed by atoms with Gasteiger partial charge in [-0.3, -0.25) is 4.79 Å². The molecule has 1 heterocycles. The smallest absolute Gasteiger partial charge is 0.224 e. The Morgan fingerprint density at radius 1 is 1.25 bits per heavy atom. The summed E-state index contributed by atoms with van der Waals surface area (Å²) in [4.78, 5) is 16.2. The number of piperazine rings is 1. The van der Waals surface area contributed by atoms with E-state index in [-0.39, 0.29) is 17.7 Å². The monoisotopic (exact) mass is 277 g/mol. The van der Waals surface area contributed by atoms with Gasteiger partial charge >= 0.3 is 0 Å². The van der Waals surface area contributed by atoms with Crippen molar-refractivity contribution in [3.8, 4) is 5.75 Å². The fourth-order valence-electron chi connectivity index (χ4n) is 2.38. The van der Waals surface area contributed by atoms with Gasteiger partial charge in [-0.15, -0.1) is 0 Å². The molecule has 0 spiro atoms. The predicted molar refractivity (Wildman–Crippen MR) is 79.8 cm³/mol. The Hall–Kier alpha value is -1.75. The fraction of sp³-hybridized carbons (Fsp3) is 0.533. The highest BCUT2D eigenvalue weighted by molar-refractivity contribution is 5.77. The zero-order valence-corrected chi connectivity index (χ0v) is 12.0. The van der Waals surface area contributed by atoms with Gasteiger partial charge in [0.05, 0.1) is 0 Å². The van der Waals surface area contributed by atoms with Crippen molar-refractivity contribution in [1.29, 1.82) is 0 Å². The number of hydrogen-bond donors (Lipinski definition) is 2. The summed E-state index contributed by atoms with van der Waals surface area (Å²) < 4.78 is 0. The lowest BCUT2D eigenvalue weighted by Crippen LogP contribution is -2.49. The van der Waals surface area contributed by atoms with Crippen molar-refractivity contribution in [3.05, 3.63) is 24.3 Å². The van der Waals surface area contributed by atoms with Gasteiger partial charge in [-0.25, -0.2) is 0 Å². The van der Waals surface area contributed by atoms with Crippen molar-refractivity contribution in [3.63, 3.8) is 0 Å². The third-order valence-electron chi connectivity index (χ3n) is 3.81. The number of amides is 1. The van der Waals surface area contributed by atoms with Crippen molar-refractivity contribution in [2.75, 3.05) is 31.1 Å². The van der Waals surface area contributed by atoms with Crippen molar-refractivity contribution in [1.82, 2.24) is 4.90 Å². The summed E-state index contributed by atoms with van der Waals surface area (Å²) in [6, 6.07) is 7.15. The summed E-state index contributed by atoms with van der Waals surface area (Å²) in [5, 5.41) is 9.29. The molecule has 0 aromatic heterocycles.